The van der Waals surface area contributed by atoms with E-state index in [9.17, 15) is 8.78 Å². The maximum Gasteiger partial charge on any atom is 0.129 e. The topological polar surface area (TPSA) is 47.3 Å². The van der Waals surface area contributed by atoms with Gasteiger partial charge in [0.2, 0.25) is 0 Å². The van der Waals surface area contributed by atoms with E-state index in [-0.39, 0.29) is 30.0 Å². The Morgan fingerprint density at radius 2 is 2.11 bits per heavy atom. The fourth-order valence-corrected chi connectivity index (χ4v) is 2.44. The number of hydrazine groups is 1. The highest BCUT2D eigenvalue weighted by Gasteiger charge is 2.30. The molecule has 5 heteroatoms. The van der Waals surface area contributed by atoms with Gasteiger partial charge < -0.3 is 4.74 Å². The van der Waals surface area contributed by atoms with Gasteiger partial charge in [0.05, 0.1) is 12.7 Å². The van der Waals surface area contributed by atoms with Gasteiger partial charge in [0.25, 0.3) is 0 Å². The second-order valence-corrected chi connectivity index (χ2v) is 4.82. The molecule has 1 saturated heterocycles. The lowest BCUT2D eigenvalue weighted by atomic mass is 9.91. The summed E-state index contributed by atoms with van der Waals surface area (Å²) < 4.78 is 32.6. The molecular formula is C13H18F2N2O. The number of rotatable bonds is 4. The lowest BCUT2D eigenvalue weighted by Crippen LogP contribution is -2.43. The van der Waals surface area contributed by atoms with E-state index in [4.69, 9.17) is 10.6 Å². The van der Waals surface area contributed by atoms with Gasteiger partial charge >= 0.3 is 0 Å². The Bertz CT molecular complexity index is 394. The SMILES string of the molecule is CC1CC(C(Cc2c(F)cccc2F)NN)CO1. The normalized spacial score (nSPS) is 25.3. The molecule has 18 heavy (non-hydrogen) atoms. The number of halogens is 2. The monoisotopic (exact) mass is 256 g/mol. The van der Waals surface area contributed by atoms with Gasteiger partial charge in [0.1, 0.15) is 11.6 Å². The molecule has 0 aromatic heterocycles. The molecule has 3 unspecified atom stereocenters. The van der Waals surface area contributed by atoms with E-state index in [0.717, 1.165) is 6.42 Å². The molecular weight excluding hydrogens is 238 g/mol. The first-order valence-corrected chi connectivity index (χ1v) is 6.12. The maximum atomic E-state index is 13.6. The molecule has 0 spiro atoms. The first-order valence-electron chi connectivity index (χ1n) is 6.12. The van der Waals surface area contributed by atoms with Gasteiger partial charge in [-0.05, 0) is 31.9 Å². The maximum absolute atomic E-state index is 13.6. The molecule has 1 aromatic rings. The highest BCUT2D eigenvalue weighted by molar-refractivity contribution is 5.21. The van der Waals surface area contributed by atoms with Crippen molar-refractivity contribution in [3.8, 4) is 0 Å². The molecule has 0 saturated carbocycles. The molecule has 3 N–H and O–H groups in total. The van der Waals surface area contributed by atoms with Gasteiger partial charge in [-0.1, -0.05) is 6.07 Å². The predicted octanol–water partition coefficient (Wildman–Crippen LogP) is 1.76. The highest BCUT2D eigenvalue weighted by Crippen LogP contribution is 2.25. The molecule has 1 aliphatic heterocycles. The molecule has 3 atom stereocenters. The molecule has 2 rings (SSSR count). The van der Waals surface area contributed by atoms with Crippen molar-refractivity contribution in [1.29, 1.82) is 0 Å². The Balaban J connectivity index is 2.10. The van der Waals surface area contributed by atoms with Crippen LogP contribution < -0.4 is 11.3 Å². The van der Waals surface area contributed by atoms with Crippen LogP contribution in [0.4, 0.5) is 8.78 Å². The molecule has 1 fully saturated rings. The van der Waals surface area contributed by atoms with Gasteiger partial charge in [-0.15, -0.1) is 0 Å². The number of hydrogen-bond donors (Lipinski definition) is 2. The molecule has 100 valence electrons. The minimum absolute atomic E-state index is 0.0833. The molecule has 0 radical (unpaired) electrons. The average molecular weight is 256 g/mol. The summed E-state index contributed by atoms with van der Waals surface area (Å²) in [6, 6.07) is 3.71. The average Bonchev–Trinajstić information content (AvgIpc) is 2.76. The van der Waals surface area contributed by atoms with Crippen LogP contribution in [0.25, 0.3) is 0 Å². The van der Waals surface area contributed by atoms with Gasteiger partial charge in [0.15, 0.2) is 0 Å². The molecule has 0 aliphatic carbocycles. The molecule has 1 aliphatic rings. The summed E-state index contributed by atoms with van der Waals surface area (Å²) in [4.78, 5) is 0. The minimum Gasteiger partial charge on any atom is -0.378 e. The summed E-state index contributed by atoms with van der Waals surface area (Å²) in [5.74, 6) is 4.63. The Labute approximate surface area is 105 Å². The van der Waals surface area contributed by atoms with E-state index in [1.807, 2.05) is 6.92 Å². The number of ether oxygens (including phenoxy) is 1. The van der Waals surface area contributed by atoms with E-state index in [1.54, 1.807) is 0 Å². The second kappa shape index (κ2) is 5.73. The standard InChI is InChI=1S/C13H18F2N2O/c1-8-5-9(7-18-8)13(17-16)6-10-11(14)3-2-4-12(10)15/h2-4,8-9,13,17H,5-7,16H2,1H3. The van der Waals surface area contributed by atoms with E-state index in [2.05, 4.69) is 5.43 Å². The third-order valence-corrected chi connectivity index (χ3v) is 3.50. The number of hydrogen-bond acceptors (Lipinski definition) is 3. The number of benzene rings is 1. The molecule has 1 aromatic carbocycles. The second-order valence-electron chi connectivity index (χ2n) is 4.82. The number of nitrogens with one attached hydrogen (secondary N) is 1. The zero-order valence-electron chi connectivity index (χ0n) is 10.3. The summed E-state index contributed by atoms with van der Waals surface area (Å²) >= 11 is 0. The van der Waals surface area contributed by atoms with E-state index < -0.39 is 11.6 Å². The lowest BCUT2D eigenvalue weighted by molar-refractivity contribution is 0.116. The summed E-state index contributed by atoms with van der Waals surface area (Å²) in [5.41, 5.74) is 2.74. The van der Waals surface area contributed by atoms with Crippen LogP contribution in [0.2, 0.25) is 0 Å². The van der Waals surface area contributed by atoms with Crippen molar-refractivity contribution in [2.45, 2.75) is 31.9 Å². The van der Waals surface area contributed by atoms with Crippen LogP contribution in [0, 0.1) is 17.6 Å². The van der Waals surface area contributed by atoms with Crippen molar-refractivity contribution >= 4 is 0 Å². The third kappa shape index (κ3) is 2.85. The quantitative estimate of drug-likeness (QED) is 0.637. The third-order valence-electron chi connectivity index (χ3n) is 3.50. The molecule has 0 amide bonds. The van der Waals surface area contributed by atoms with Crippen molar-refractivity contribution in [2.75, 3.05) is 6.61 Å². The van der Waals surface area contributed by atoms with Crippen molar-refractivity contribution in [3.63, 3.8) is 0 Å². The Morgan fingerprint density at radius 1 is 1.44 bits per heavy atom. The summed E-state index contributed by atoms with van der Waals surface area (Å²) in [6.45, 7) is 2.56. The van der Waals surface area contributed by atoms with Crippen LogP contribution in [0.15, 0.2) is 18.2 Å². The zero-order valence-corrected chi connectivity index (χ0v) is 10.3. The van der Waals surface area contributed by atoms with Crippen LogP contribution in [0.5, 0.6) is 0 Å². The van der Waals surface area contributed by atoms with E-state index in [0.29, 0.717) is 6.61 Å². The molecule has 0 bridgehead atoms. The van der Waals surface area contributed by atoms with Crippen LogP contribution >= 0.6 is 0 Å². The number of nitrogens with two attached hydrogens (primary N) is 1. The van der Waals surface area contributed by atoms with Crippen molar-refractivity contribution in [1.82, 2.24) is 5.43 Å². The van der Waals surface area contributed by atoms with Crippen LogP contribution in [0.3, 0.4) is 0 Å². The molecule has 1 heterocycles. The highest BCUT2D eigenvalue weighted by atomic mass is 19.1. The van der Waals surface area contributed by atoms with Gasteiger partial charge in [0, 0.05) is 17.5 Å². The minimum atomic E-state index is -0.526. The van der Waals surface area contributed by atoms with Crippen molar-refractivity contribution < 1.29 is 13.5 Å². The summed E-state index contributed by atoms with van der Waals surface area (Å²) in [6.07, 6.45) is 1.26. The first kappa shape index (κ1) is 13.4. The zero-order chi connectivity index (χ0) is 13.1. The Kier molecular flexibility index (Phi) is 4.27. The van der Waals surface area contributed by atoms with Crippen LogP contribution in [-0.4, -0.2) is 18.8 Å². The van der Waals surface area contributed by atoms with Crippen molar-refractivity contribution in [3.05, 3.63) is 35.4 Å². The van der Waals surface area contributed by atoms with Crippen LogP contribution in [0.1, 0.15) is 18.9 Å². The van der Waals surface area contributed by atoms with Crippen molar-refractivity contribution in [2.24, 2.45) is 11.8 Å². The summed E-state index contributed by atoms with van der Waals surface area (Å²) in [5, 5.41) is 0. The van der Waals surface area contributed by atoms with Crippen LogP contribution in [-0.2, 0) is 11.2 Å². The van der Waals surface area contributed by atoms with E-state index >= 15 is 0 Å². The van der Waals surface area contributed by atoms with Gasteiger partial charge in [-0.25, -0.2) is 8.78 Å². The lowest BCUT2D eigenvalue weighted by Gasteiger charge is -2.22. The van der Waals surface area contributed by atoms with Gasteiger partial charge in [-0.3, -0.25) is 11.3 Å². The predicted molar refractivity (Wildman–Crippen MR) is 64.7 cm³/mol. The fraction of sp³-hybridized carbons (Fsp3) is 0.538. The van der Waals surface area contributed by atoms with E-state index in [1.165, 1.54) is 18.2 Å². The summed E-state index contributed by atoms with van der Waals surface area (Å²) in [7, 11) is 0. The molecule has 3 nitrogen and oxygen atoms in total. The van der Waals surface area contributed by atoms with Gasteiger partial charge in [-0.2, -0.15) is 0 Å². The Morgan fingerprint density at radius 3 is 2.61 bits per heavy atom. The smallest absolute Gasteiger partial charge is 0.129 e. The first-order chi connectivity index (χ1) is 8.61. The largest absolute Gasteiger partial charge is 0.378 e. The fourth-order valence-electron chi connectivity index (χ4n) is 2.44. The Hall–Kier alpha value is -1.04.